The third-order valence-electron chi connectivity index (χ3n) is 10.9. The number of aromatic nitrogens is 4. The van der Waals surface area contributed by atoms with E-state index in [1.807, 2.05) is 0 Å². The summed E-state index contributed by atoms with van der Waals surface area (Å²) in [7, 11) is 0. The van der Waals surface area contributed by atoms with Gasteiger partial charge in [0.2, 0.25) is 5.95 Å². The van der Waals surface area contributed by atoms with Gasteiger partial charge in [-0.3, -0.25) is 9.13 Å². The van der Waals surface area contributed by atoms with Gasteiger partial charge in [0.05, 0.1) is 33.6 Å². The second kappa shape index (κ2) is 13.4. The van der Waals surface area contributed by atoms with Crippen LogP contribution in [0.2, 0.25) is 0 Å². The first-order valence-electron chi connectivity index (χ1n) is 19.3. The van der Waals surface area contributed by atoms with Crippen LogP contribution in [0.4, 0.5) is 0 Å². The molecule has 0 saturated heterocycles. The number of benzene rings is 7. The molecule has 0 aliphatic heterocycles. The van der Waals surface area contributed by atoms with Gasteiger partial charge in [0, 0.05) is 27.5 Å². The van der Waals surface area contributed by atoms with Crippen LogP contribution in [0.1, 0.15) is 26.3 Å². The Balaban J connectivity index is 1.25. The van der Waals surface area contributed by atoms with Gasteiger partial charge in [-0.15, -0.1) is 0 Å². The topological polar surface area (TPSA) is 35.6 Å². The van der Waals surface area contributed by atoms with E-state index in [0.29, 0.717) is 0 Å². The maximum absolute atomic E-state index is 5.66. The van der Waals surface area contributed by atoms with Gasteiger partial charge in [-0.2, -0.15) is 0 Å². The van der Waals surface area contributed by atoms with Crippen LogP contribution in [0, 0.1) is 0 Å². The SMILES string of the molecule is CC(C)(C)c1ccc(-n2c(-n3c4ccccc4c4ccccc43)nc3c(-c4cccc(-c5cccc(-c6ccccc6)c5)n4)cccc32)c(-c2ccccc2)c1. The van der Waals surface area contributed by atoms with Crippen molar-refractivity contribution in [1.82, 2.24) is 19.1 Å². The molecule has 4 heteroatoms. The highest BCUT2D eigenvalue weighted by molar-refractivity contribution is 6.09. The van der Waals surface area contributed by atoms with Crippen molar-refractivity contribution in [2.24, 2.45) is 0 Å². The maximum Gasteiger partial charge on any atom is 0.220 e. The number of hydrogen-bond donors (Lipinski definition) is 0. The normalized spacial score (nSPS) is 11.8. The molecule has 0 amide bonds. The number of nitrogens with zero attached hydrogens (tertiary/aromatic N) is 4. The van der Waals surface area contributed by atoms with Crippen molar-refractivity contribution in [3.63, 3.8) is 0 Å². The molecule has 0 N–H and O–H groups in total. The molecule has 0 fully saturated rings. The van der Waals surface area contributed by atoms with E-state index < -0.39 is 0 Å². The Morgan fingerprint density at radius 1 is 0.393 bits per heavy atom. The first-order chi connectivity index (χ1) is 27.4. The summed E-state index contributed by atoms with van der Waals surface area (Å²) in [6.45, 7) is 6.83. The summed E-state index contributed by atoms with van der Waals surface area (Å²) in [6.07, 6.45) is 0. The first kappa shape index (κ1) is 33.5. The monoisotopic (exact) mass is 720 g/mol. The van der Waals surface area contributed by atoms with Crippen LogP contribution in [0.25, 0.3) is 89.2 Å². The van der Waals surface area contributed by atoms with E-state index in [4.69, 9.17) is 9.97 Å². The Hall–Kier alpha value is -7.04. The smallest absolute Gasteiger partial charge is 0.220 e. The van der Waals surface area contributed by atoms with E-state index >= 15 is 0 Å². The van der Waals surface area contributed by atoms with Crippen molar-refractivity contribution in [2.75, 3.05) is 0 Å². The molecule has 268 valence electrons. The molecular formula is C52H40N4. The minimum absolute atomic E-state index is 0.0286. The lowest BCUT2D eigenvalue weighted by Gasteiger charge is -2.23. The summed E-state index contributed by atoms with van der Waals surface area (Å²) in [6, 6.07) is 66.9. The van der Waals surface area contributed by atoms with Crippen molar-refractivity contribution < 1.29 is 0 Å². The van der Waals surface area contributed by atoms with Crippen molar-refractivity contribution in [3.8, 4) is 56.4 Å². The Bertz CT molecular complexity index is 3000. The molecule has 0 aliphatic rings. The molecule has 0 aliphatic carbocycles. The zero-order chi connectivity index (χ0) is 37.8. The Morgan fingerprint density at radius 3 is 1.68 bits per heavy atom. The molecule has 0 spiro atoms. The third kappa shape index (κ3) is 5.70. The highest BCUT2D eigenvalue weighted by Gasteiger charge is 2.25. The number of fused-ring (bicyclic) bond motifs is 4. The van der Waals surface area contributed by atoms with Gasteiger partial charge in [-0.1, -0.05) is 160 Å². The Kier molecular flexibility index (Phi) is 8.00. The zero-order valence-electron chi connectivity index (χ0n) is 31.7. The Morgan fingerprint density at radius 2 is 0.964 bits per heavy atom. The van der Waals surface area contributed by atoms with E-state index in [1.165, 1.54) is 27.5 Å². The van der Waals surface area contributed by atoms with Crippen LogP contribution in [-0.4, -0.2) is 19.1 Å². The molecular weight excluding hydrogens is 681 g/mol. The van der Waals surface area contributed by atoms with Crippen molar-refractivity contribution in [2.45, 2.75) is 26.2 Å². The molecule has 0 saturated carbocycles. The fraction of sp³-hybridized carbons (Fsp3) is 0.0769. The van der Waals surface area contributed by atoms with Gasteiger partial charge in [0.1, 0.15) is 5.52 Å². The van der Waals surface area contributed by atoms with Crippen LogP contribution >= 0.6 is 0 Å². The lowest BCUT2D eigenvalue weighted by atomic mass is 9.85. The van der Waals surface area contributed by atoms with Crippen molar-refractivity contribution in [3.05, 3.63) is 194 Å². The van der Waals surface area contributed by atoms with E-state index in [9.17, 15) is 0 Å². The molecule has 0 atom stereocenters. The summed E-state index contributed by atoms with van der Waals surface area (Å²) >= 11 is 0. The molecule has 3 aromatic heterocycles. The van der Waals surface area contributed by atoms with Gasteiger partial charge in [0.25, 0.3) is 0 Å². The molecule has 10 rings (SSSR count). The van der Waals surface area contributed by atoms with Crippen LogP contribution in [0.3, 0.4) is 0 Å². The number of rotatable bonds is 6. The van der Waals surface area contributed by atoms with Crippen LogP contribution in [0.5, 0.6) is 0 Å². The summed E-state index contributed by atoms with van der Waals surface area (Å²) in [5.74, 6) is 0.831. The van der Waals surface area contributed by atoms with Gasteiger partial charge in [-0.05, 0) is 76.2 Å². The average molecular weight is 721 g/mol. The molecule has 0 bridgehead atoms. The van der Waals surface area contributed by atoms with Gasteiger partial charge in [-0.25, -0.2) is 9.97 Å². The summed E-state index contributed by atoms with van der Waals surface area (Å²) < 4.78 is 4.69. The molecule has 7 aromatic carbocycles. The molecule has 3 heterocycles. The summed E-state index contributed by atoms with van der Waals surface area (Å²) in [5, 5.41) is 2.39. The predicted octanol–water partition coefficient (Wildman–Crippen LogP) is 13.5. The zero-order valence-corrected chi connectivity index (χ0v) is 31.7. The van der Waals surface area contributed by atoms with E-state index in [1.54, 1.807) is 0 Å². The lowest BCUT2D eigenvalue weighted by molar-refractivity contribution is 0.590. The third-order valence-corrected chi connectivity index (χ3v) is 10.9. The minimum atomic E-state index is -0.0286. The quantitative estimate of drug-likeness (QED) is 0.171. The van der Waals surface area contributed by atoms with Crippen LogP contribution in [-0.2, 0) is 5.41 Å². The molecule has 10 aromatic rings. The predicted molar refractivity (Wildman–Crippen MR) is 234 cm³/mol. The van der Waals surface area contributed by atoms with Crippen molar-refractivity contribution >= 4 is 32.8 Å². The fourth-order valence-corrected chi connectivity index (χ4v) is 8.10. The molecule has 4 nitrogen and oxygen atoms in total. The highest BCUT2D eigenvalue weighted by Crippen LogP contribution is 2.40. The summed E-state index contributed by atoms with van der Waals surface area (Å²) in [4.78, 5) is 11.0. The highest BCUT2D eigenvalue weighted by atomic mass is 15.2. The molecule has 56 heavy (non-hydrogen) atoms. The van der Waals surface area contributed by atoms with Crippen LogP contribution < -0.4 is 0 Å². The average Bonchev–Trinajstić information content (AvgIpc) is 3.79. The standard InChI is InChI=1S/C52H40N4/c1-52(2,3)39-31-32-48(43(34-39)36-19-8-5-9-20-36)56-49-30-15-25-42(45-27-16-26-44(53-45)38-22-14-21-37(33-38)35-17-6-4-7-18-35)50(49)54-51(56)55-46-28-12-10-23-40(46)41-24-11-13-29-47(41)55/h4-34H,1-3H3. The van der Waals surface area contributed by atoms with Crippen molar-refractivity contribution in [1.29, 1.82) is 0 Å². The van der Waals surface area contributed by atoms with Crippen LogP contribution in [0.15, 0.2) is 188 Å². The van der Waals surface area contributed by atoms with E-state index in [2.05, 4.69) is 218 Å². The fourth-order valence-electron chi connectivity index (χ4n) is 8.10. The van der Waals surface area contributed by atoms with Gasteiger partial charge >= 0.3 is 0 Å². The number of hydrogen-bond acceptors (Lipinski definition) is 2. The second-order valence-electron chi connectivity index (χ2n) is 15.5. The first-order valence-corrected chi connectivity index (χ1v) is 19.3. The van der Waals surface area contributed by atoms with Gasteiger partial charge in [0.15, 0.2) is 0 Å². The Labute approximate surface area is 327 Å². The largest absolute Gasteiger partial charge is 0.279 e. The number of imidazole rings is 1. The maximum atomic E-state index is 5.66. The minimum Gasteiger partial charge on any atom is -0.279 e. The number of pyridine rings is 1. The summed E-state index contributed by atoms with van der Waals surface area (Å²) in [5.41, 5.74) is 15.0. The van der Waals surface area contributed by atoms with E-state index in [-0.39, 0.29) is 5.41 Å². The molecule has 0 radical (unpaired) electrons. The van der Waals surface area contributed by atoms with E-state index in [0.717, 1.165) is 67.3 Å². The second-order valence-corrected chi connectivity index (χ2v) is 15.5. The molecule has 0 unspecified atom stereocenters. The lowest BCUT2D eigenvalue weighted by Crippen LogP contribution is -2.12. The number of para-hydroxylation sites is 3. The van der Waals surface area contributed by atoms with Gasteiger partial charge < -0.3 is 0 Å².